The van der Waals surface area contributed by atoms with Gasteiger partial charge in [0.15, 0.2) is 0 Å². The Balaban J connectivity index is 0.892. The number of aryl methyl sites for hydroxylation is 2. The van der Waals surface area contributed by atoms with E-state index >= 15 is 0 Å². The SMILES string of the molecule is CCCCCCc1cc(-c2ccc(-c3cc(CCCCCC)c(-c4ccc(-c5cc(-c6ccccn6)nc(-c6ccccn6)c5)s4)s3)c3n[se]nc23)sc1-c1ccc(-c2cc(-c3ccccn3)nc(-c3ccccn3)c2)s1. The Morgan fingerprint density at radius 3 is 1.08 bits per heavy atom. The van der Waals surface area contributed by atoms with E-state index in [0.29, 0.717) is 0 Å². The summed E-state index contributed by atoms with van der Waals surface area (Å²) >= 11 is 7.27. The number of hydrogen-bond acceptors (Lipinski definition) is 12. The van der Waals surface area contributed by atoms with Crippen molar-refractivity contribution in [1.29, 1.82) is 0 Å². The maximum absolute atomic E-state index is 5.20. The summed E-state index contributed by atoms with van der Waals surface area (Å²) in [6.45, 7) is 4.57. The molecule has 0 bridgehead atoms. The second-order valence-electron chi connectivity index (χ2n) is 19.1. The summed E-state index contributed by atoms with van der Waals surface area (Å²) in [5.41, 5.74) is 16.1. The van der Waals surface area contributed by atoms with Crippen LogP contribution in [0.5, 0.6) is 0 Å². The minimum atomic E-state index is -0.218. The molecular formula is C64H54N8S4Se. The van der Waals surface area contributed by atoms with Gasteiger partial charge in [-0.1, -0.05) is 24.3 Å². The fourth-order valence-electron chi connectivity index (χ4n) is 9.82. The van der Waals surface area contributed by atoms with Crippen molar-refractivity contribution in [3.63, 3.8) is 0 Å². The molecule has 12 aromatic rings. The quantitative estimate of drug-likeness (QED) is 0.0549. The minimum absolute atomic E-state index is 0.218. The fourth-order valence-corrected chi connectivity index (χ4v) is 15.8. The molecule has 0 aliphatic rings. The summed E-state index contributed by atoms with van der Waals surface area (Å²) < 4.78 is 10.4. The first kappa shape index (κ1) is 50.8. The van der Waals surface area contributed by atoms with Gasteiger partial charge in [0.05, 0.1) is 22.8 Å². The van der Waals surface area contributed by atoms with E-state index in [1.54, 1.807) is 0 Å². The van der Waals surface area contributed by atoms with Crippen LogP contribution < -0.4 is 0 Å². The molecule has 380 valence electrons. The molecule has 1 aromatic carbocycles. The van der Waals surface area contributed by atoms with E-state index in [4.69, 9.17) is 17.9 Å². The van der Waals surface area contributed by atoms with Crippen LogP contribution in [-0.2, 0) is 12.8 Å². The number of benzene rings is 1. The van der Waals surface area contributed by atoms with Gasteiger partial charge in [-0.15, -0.1) is 0 Å². The number of thiophene rings is 4. The van der Waals surface area contributed by atoms with Crippen LogP contribution in [0, 0.1) is 0 Å². The van der Waals surface area contributed by atoms with Gasteiger partial charge >= 0.3 is 325 Å². The van der Waals surface area contributed by atoms with E-state index in [1.165, 1.54) is 99.8 Å². The van der Waals surface area contributed by atoms with Gasteiger partial charge in [-0.3, -0.25) is 19.9 Å². The van der Waals surface area contributed by atoms with E-state index < -0.39 is 0 Å². The van der Waals surface area contributed by atoms with E-state index in [1.807, 2.05) is 143 Å². The Morgan fingerprint density at radius 1 is 0.351 bits per heavy atom. The first-order valence-electron chi connectivity index (χ1n) is 26.5. The Morgan fingerprint density at radius 2 is 0.727 bits per heavy atom. The molecule has 0 fully saturated rings. The van der Waals surface area contributed by atoms with Crippen molar-refractivity contribution >= 4 is 71.3 Å². The standard InChI is InChI=1S/C64H54N8S4Se/c1-3-5-7-9-19-41-39-59(75-63(41)57-29-27-55(73-57)43-35-51(47-21-11-15-31-65-47)69-52(36-43)48-22-12-16-32-66-48)45-25-26-46(62-61(45)71-77-72-62)60-40-42(20-10-8-6-4-2)64(76-60)58-30-28-56(74-58)44-37-53(49-23-13-17-33-67-49)70-54(38-44)50-24-14-18-34-68-50/h11-18,21-40H,3-10,19-20H2,1-2H3. The molecule has 0 aliphatic carbocycles. The molecule has 0 radical (unpaired) electrons. The molecule has 0 unspecified atom stereocenters. The molecule has 0 aliphatic heterocycles. The molecule has 13 heteroatoms. The monoisotopic (exact) mass is 1140 g/mol. The molecule has 0 spiro atoms. The fraction of sp³-hybridized carbons (Fsp3) is 0.188. The van der Waals surface area contributed by atoms with Gasteiger partial charge in [-0.05, 0) is 48.5 Å². The van der Waals surface area contributed by atoms with E-state index in [2.05, 4.69) is 107 Å². The normalized spacial score (nSPS) is 11.5. The Hall–Kier alpha value is -6.96. The molecule has 8 nitrogen and oxygen atoms in total. The Kier molecular flexibility index (Phi) is 15.7. The summed E-state index contributed by atoms with van der Waals surface area (Å²) in [5, 5.41) is 0. The van der Waals surface area contributed by atoms with Gasteiger partial charge in [0, 0.05) is 24.8 Å². The molecule has 0 N–H and O–H groups in total. The van der Waals surface area contributed by atoms with Crippen LogP contribution in [0.25, 0.3) is 118 Å². The van der Waals surface area contributed by atoms with Crippen LogP contribution in [0.3, 0.4) is 0 Å². The van der Waals surface area contributed by atoms with Crippen molar-refractivity contribution in [2.75, 3.05) is 0 Å². The number of rotatable bonds is 20. The maximum atomic E-state index is 5.20. The number of fused-ring (bicyclic) bond motifs is 1. The number of aromatic nitrogens is 8. The van der Waals surface area contributed by atoms with Gasteiger partial charge in [-0.25, -0.2) is 9.97 Å². The van der Waals surface area contributed by atoms with Crippen LogP contribution in [-0.4, -0.2) is 52.8 Å². The van der Waals surface area contributed by atoms with E-state index in [9.17, 15) is 0 Å². The molecule has 0 amide bonds. The van der Waals surface area contributed by atoms with Crippen molar-refractivity contribution in [1.82, 2.24) is 37.9 Å². The second-order valence-corrected chi connectivity index (χ2v) is 24.5. The third kappa shape index (κ3) is 11.3. The zero-order valence-corrected chi connectivity index (χ0v) is 47.8. The van der Waals surface area contributed by atoms with Gasteiger partial charge in [0.1, 0.15) is 0 Å². The number of pyridine rings is 6. The van der Waals surface area contributed by atoms with Gasteiger partial charge in [-0.2, -0.15) is 0 Å². The van der Waals surface area contributed by atoms with Gasteiger partial charge in [0.2, 0.25) is 0 Å². The van der Waals surface area contributed by atoms with Crippen LogP contribution in [0.15, 0.2) is 170 Å². The van der Waals surface area contributed by atoms with E-state index in [0.717, 1.165) is 93.4 Å². The average Bonchev–Trinajstić information content (AvgIpc) is 4.37. The number of unbranched alkanes of at least 4 members (excludes halogenated alkanes) is 6. The topological polar surface area (TPSA) is 103 Å². The third-order valence-corrected chi connectivity index (χ3v) is 19.9. The molecule has 12 rings (SSSR count). The van der Waals surface area contributed by atoms with Crippen molar-refractivity contribution in [2.24, 2.45) is 0 Å². The molecule has 11 heterocycles. The second kappa shape index (κ2) is 23.7. The predicted octanol–water partition coefficient (Wildman–Crippen LogP) is 18.2. The summed E-state index contributed by atoms with van der Waals surface area (Å²) in [5.74, 6) is 0. The molecule has 0 atom stereocenters. The first-order valence-corrected chi connectivity index (χ1v) is 31.3. The van der Waals surface area contributed by atoms with Gasteiger partial charge < -0.3 is 0 Å². The van der Waals surface area contributed by atoms with Crippen molar-refractivity contribution < 1.29 is 0 Å². The zero-order valence-electron chi connectivity index (χ0n) is 42.9. The zero-order chi connectivity index (χ0) is 51.9. The summed E-state index contributed by atoms with van der Waals surface area (Å²) in [6, 6.07) is 51.3. The third-order valence-electron chi connectivity index (χ3n) is 13.8. The summed E-state index contributed by atoms with van der Waals surface area (Å²) in [6.07, 6.45) is 19.1. The van der Waals surface area contributed by atoms with Crippen LogP contribution in [0.1, 0.15) is 76.3 Å². The number of hydrogen-bond donors (Lipinski definition) is 0. The number of nitrogens with zero attached hydrogens (tertiary/aromatic N) is 8. The molecule has 11 aromatic heterocycles. The molecular weight excluding hydrogens is 1090 g/mol. The summed E-state index contributed by atoms with van der Waals surface area (Å²) in [7, 11) is 0. The molecule has 77 heavy (non-hydrogen) atoms. The van der Waals surface area contributed by atoms with Crippen LogP contribution in [0.4, 0.5) is 0 Å². The Bertz CT molecular complexity index is 3550. The molecule has 0 saturated carbocycles. The van der Waals surface area contributed by atoms with Gasteiger partial charge in [0.25, 0.3) is 0 Å². The average molecular weight is 1140 g/mol. The summed E-state index contributed by atoms with van der Waals surface area (Å²) in [4.78, 5) is 38.9. The van der Waals surface area contributed by atoms with Crippen LogP contribution in [0.2, 0.25) is 0 Å². The van der Waals surface area contributed by atoms with Crippen LogP contribution >= 0.6 is 45.3 Å². The van der Waals surface area contributed by atoms with Crippen molar-refractivity contribution in [2.45, 2.75) is 78.1 Å². The predicted molar refractivity (Wildman–Crippen MR) is 325 cm³/mol. The Labute approximate surface area is 472 Å². The molecule has 0 saturated heterocycles. The first-order chi connectivity index (χ1) is 38.1. The van der Waals surface area contributed by atoms with Crippen molar-refractivity contribution in [3.05, 3.63) is 182 Å². The van der Waals surface area contributed by atoms with E-state index in [-0.39, 0.29) is 15.0 Å². The van der Waals surface area contributed by atoms with Crippen molar-refractivity contribution in [3.8, 4) is 107 Å².